The van der Waals surface area contributed by atoms with Crippen molar-refractivity contribution in [2.24, 2.45) is 5.73 Å². The highest BCUT2D eigenvalue weighted by molar-refractivity contribution is 6.35. The monoisotopic (exact) mass is 461 g/mol. The number of benzene rings is 2. The molecule has 0 atom stereocenters. The lowest BCUT2D eigenvalue weighted by molar-refractivity contribution is 0.0996. The van der Waals surface area contributed by atoms with Crippen molar-refractivity contribution in [2.45, 2.75) is 32.1 Å². The molecule has 1 fully saturated rings. The molecule has 0 aliphatic heterocycles. The number of primary amides is 1. The van der Waals surface area contributed by atoms with Gasteiger partial charge in [-0.15, -0.1) is 0 Å². The number of hydrogen-bond donors (Lipinski definition) is 2. The Morgan fingerprint density at radius 1 is 1.15 bits per heavy atom. The number of aryl methyl sites for hydroxylation is 1. The van der Waals surface area contributed by atoms with Crippen molar-refractivity contribution in [3.05, 3.63) is 93.3 Å². The zero-order valence-corrected chi connectivity index (χ0v) is 18.9. The first-order valence-electron chi connectivity index (χ1n) is 10.7. The van der Waals surface area contributed by atoms with E-state index >= 15 is 0 Å². The molecule has 0 radical (unpaired) electrons. The second kappa shape index (κ2) is 9.42. The van der Waals surface area contributed by atoms with Gasteiger partial charge in [0.1, 0.15) is 0 Å². The van der Waals surface area contributed by atoms with E-state index in [1.54, 1.807) is 16.8 Å². The maximum Gasteiger partial charge on any atom is 0.271 e. The lowest BCUT2D eigenvalue weighted by Crippen LogP contribution is -2.22. The van der Waals surface area contributed by atoms with E-state index in [9.17, 15) is 9.59 Å². The standard InChI is InChI=1S/C17H14ClNO.C8H10N4O/c1-2-13-11-12-7-6-10-15(18)16(12)17(20)19(13)14-8-4-3-5-9-14;9-7-6(8(10)13)12-5(3-11-7)4-1-2-4/h3-11H,2H2,1H3;3-4H,1-2H2,(H2,9,11)(H2,10,13). The summed E-state index contributed by atoms with van der Waals surface area (Å²) in [5.74, 6) is -0.0596. The minimum atomic E-state index is -0.618. The molecule has 1 amide bonds. The summed E-state index contributed by atoms with van der Waals surface area (Å²) >= 11 is 6.20. The lowest BCUT2D eigenvalue weighted by atomic mass is 10.1. The molecule has 1 aliphatic carbocycles. The summed E-state index contributed by atoms with van der Waals surface area (Å²) in [6.07, 6.45) is 4.61. The molecule has 33 heavy (non-hydrogen) atoms. The molecule has 5 rings (SSSR count). The molecule has 1 saturated carbocycles. The van der Waals surface area contributed by atoms with Gasteiger partial charge in [-0.05, 0) is 48.9 Å². The number of carbonyl (C=O) groups excluding carboxylic acids is 1. The molecule has 8 heteroatoms. The Morgan fingerprint density at radius 3 is 2.52 bits per heavy atom. The van der Waals surface area contributed by atoms with E-state index in [0.29, 0.717) is 16.3 Å². The molecule has 2 aromatic heterocycles. The van der Waals surface area contributed by atoms with Crippen molar-refractivity contribution >= 4 is 34.1 Å². The number of fused-ring (bicyclic) bond motifs is 1. The van der Waals surface area contributed by atoms with E-state index < -0.39 is 5.91 Å². The van der Waals surface area contributed by atoms with E-state index in [1.165, 1.54) is 0 Å². The number of para-hydroxylation sites is 1. The summed E-state index contributed by atoms with van der Waals surface area (Å²) in [7, 11) is 0. The molecule has 2 aromatic carbocycles. The van der Waals surface area contributed by atoms with E-state index in [4.69, 9.17) is 23.1 Å². The van der Waals surface area contributed by atoms with Crippen LogP contribution in [-0.4, -0.2) is 20.4 Å². The third kappa shape index (κ3) is 4.73. The molecular weight excluding hydrogens is 438 g/mol. The van der Waals surface area contributed by atoms with Crippen molar-refractivity contribution in [1.29, 1.82) is 0 Å². The van der Waals surface area contributed by atoms with Crippen LogP contribution in [0.25, 0.3) is 16.5 Å². The summed E-state index contributed by atoms with van der Waals surface area (Å²) in [6.45, 7) is 2.05. The van der Waals surface area contributed by atoms with Crippen LogP contribution >= 0.6 is 11.6 Å². The normalized spacial score (nSPS) is 12.8. The maximum atomic E-state index is 12.8. The number of anilines is 1. The van der Waals surface area contributed by atoms with Gasteiger partial charge in [0.2, 0.25) is 0 Å². The van der Waals surface area contributed by atoms with Gasteiger partial charge in [-0.3, -0.25) is 14.2 Å². The van der Waals surface area contributed by atoms with Gasteiger partial charge < -0.3 is 11.5 Å². The van der Waals surface area contributed by atoms with Crippen LogP contribution in [-0.2, 0) is 6.42 Å². The number of nitrogen functional groups attached to an aromatic ring is 1. The number of aromatic nitrogens is 3. The quantitative estimate of drug-likeness (QED) is 0.471. The number of nitrogens with two attached hydrogens (primary N) is 2. The molecule has 4 N–H and O–H groups in total. The summed E-state index contributed by atoms with van der Waals surface area (Å²) in [5.41, 5.74) is 13.2. The van der Waals surface area contributed by atoms with Gasteiger partial charge in [0, 0.05) is 17.3 Å². The molecule has 4 aromatic rings. The smallest absolute Gasteiger partial charge is 0.271 e. The van der Waals surface area contributed by atoms with E-state index in [-0.39, 0.29) is 17.1 Å². The van der Waals surface area contributed by atoms with Crippen LogP contribution in [0.1, 0.15) is 47.6 Å². The fourth-order valence-electron chi connectivity index (χ4n) is 3.66. The van der Waals surface area contributed by atoms with Crippen LogP contribution in [0.3, 0.4) is 0 Å². The predicted molar refractivity (Wildman–Crippen MR) is 131 cm³/mol. The van der Waals surface area contributed by atoms with Crippen LogP contribution in [0.15, 0.2) is 65.6 Å². The minimum Gasteiger partial charge on any atom is -0.382 e. The molecule has 2 heterocycles. The molecule has 1 aliphatic rings. The van der Waals surface area contributed by atoms with Crippen LogP contribution < -0.4 is 17.0 Å². The Hall–Kier alpha value is -3.71. The number of amides is 1. The summed E-state index contributed by atoms with van der Waals surface area (Å²) < 4.78 is 1.74. The topological polar surface area (TPSA) is 117 Å². The Balaban J connectivity index is 0.000000172. The third-order valence-electron chi connectivity index (χ3n) is 5.50. The Morgan fingerprint density at radius 2 is 1.88 bits per heavy atom. The van der Waals surface area contributed by atoms with Crippen LogP contribution in [0.5, 0.6) is 0 Å². The van der Waals surface area contributed by atoms with Crippen LogP contribution in [0.4, 0.5) is 5.82 Å². The first-order chi connectivity index (χ1) is 15.9. The van der Waals surface area contributed by atoms with Crippen molar-refractivity contribution in [1.82, 2.24) is 14.5 Å². The van der Waals surface area contributed by atoms with Gasteiger partial charge in [-0.1, -0.05) is 48.9 Å². The molecule has 0 saturated heterocycles. The molecular formula is C25H24ClN5O2. The largest absolute Gasteiger partial charge is 0.382 e. The van der Waals surface area contributed by atoms with E-state index in [2.05, 4.69) is 9.97 Å². The predicted octanol–water partition coefficient (Wildman–Crippen LogP) is 4.24. The van der Waals surface area contributed by atoms with Crippen molar-refractivity contribution in [3.63, 3.8) is 0 Å². The van der Waals surface area contributed by atoms with Crippen LogP contribution in [0.2, 0.25) is 5.02 Å². The molecule has 7 nitrogen and oxygen atoms in total. The molecule has 0 unspecified atom stereocenters. The van der Waals surface area contributed by atoms with Gasteiger partial charge in [0.15, 0.2) is 11.5 Å². The molecule has 0 bridgehead atoms. The van der Waals surface area contributed by atoms with Crippen LogP contribution in [0, 0.1) is 0 Å². The van der Waals surface area contributed by atoms with Crippen molar-refractivity contribution in [3.8, 4) is 5.69 Å². The Labute approximate surface area is 196 Å². The van der Waals surface area contributed by atoms with Gasteiger partial charge in [-0.25, -0.2) is 9.97 Å². The average Bonchev–Trinajstić information content (AvgIpc) is 3.65. The average molecular weight is 462 g/mol. The molecule has 168 valence electrons. The van der Waals surface area contributed by atoms with Gasteiger partial charge in [0.25, 0.3) is 11.5 Å². The van der Waals surface area contributed by atoms with Crippen molar-refractivity contribution < 1.29 is 4.79 Å². The first-order valence-corrected chi connectivity index (χ1v) is 11.1. The summed E-state index contributed by atoms with van der Waals surface area (Å²) in [5, 5.41) is 1.97. The second-order valence-electron chi connectivity index (χ2n) is 7.84. The van der Waals surface area contributed by atoms with E-state index in [0.717, 1.165) is 41.7 Å². The number of rotatable bonds is 4. The number of nitrogens with zero attached hydrogens (tertiary/aromatic N) is 3. The van der Waals surface area contributed by atoms with Crippen molar-refractivity contribution in [2.75, 3.05) is 5.73 Å². The Kier molecular flexibility index (Phi) is 6.42. The number of carbonyl (C=O) groups is 1. The zero-order valence-electron chi connectivity index (χ0n) is 18.2. The number of hydrogen-bond acceptors (Lipinski definition) is 5. The minimum absolute atomic E-state index is 0.0591. The maximum absolute atomic E-state index is 12.8. The van der Waals surface area contributed by atoms with Gasteiger partial charge >= 0.3 is 0 Å². The van der Waals surface area contributed by atoms with Gasteiger partial charge in [-0.2, -0.15) is 0 Å². The molecule has 0 spiro atoms. The highest BCUT2D eigenvalue weighted by atomic mass is 35.5. The highest BCUT2D eigenvalue weighted by Crippen LogP contribution is 2.38. The second-order valence-corrected chi connectivity index (χ2v) is 8.24. The SMILES string of the molecule is CCc1cc2cccc(Cl)c2c(=O)n1-c1ccccc1.NC(=O)c1nc(C2CC2)cnc1N. The number of pyridine rings is 1. The fourth-order valence-corrected chi connectivity index (χ4v) is 3.93. The van der Waals surface area contributed by atoms with Gasteiger partial charge in [0.05, 0.1) is 22.3 Å². The highest BCUT2D eigenvalue weighted by Gasteiger charge is 2.26. The summed E-state index contributed by atoms with van der Waals surface area (Å²) in [6, 6.07) is 17.3. The summed E-state index contributed by atoms with van der Waals surface area (Å²) in [4.78, 5) is 31.6. The lowest BCUT2D eigenvalue weighted by Gasteiger charge is -2.14. The Bertz CT molecular complexity index is 1380. The number of halogens is 1. The van der Waals surface area contributed by atoms with E-state index in [1.807, 2.05) is 55.5 Å². The fraction of sp³-hybridized carbons (Fsp3) is 0.200. The zero-order chi connectivity index (χ0) is 23.5. The first kappa shape index (κ1) is 22.5. The third-order valence-corrected chi connectivity index (χ3v) is 5.81.